The molecule has 0 saturated heterocycles. The summed E-state index contributed by atoms with van der Waals surface area (Å²) in [5, 5.41) is 11.0. The molecule has 0 bridgehead atoms. The zero-order valence-corrected chi connectivity index (χ0v) is 13.2. The second-order valence-corrected chi connectivity index (χ2v) is 5.84. The Morgan fingerprint density at radius 1 is 1.52 bits per heavy atom. The number of ether oxygens (including phenoxy) is 1. The van der Waals surface area contributed by atoms with E-state index < -0.39 is 78.9 Å². The van der Waals surface area contributed by atoms with Gasteiger partial charge in [0.15, 0.2) is 0 Å². The molecule has 126 valence electrons. The van der Waals surface area contributed by atoms with E-state index in [-0.39, 0.29) is 12.0 Å². The number of phenolic OH excluding ortho intramolecular Hbond substituents is 1. The third kappa shape index (κ3) is 3.13. The first kappa shape index (κ1) is 6.46. The van der Waals surface area contributed by atoms with Crippen molar-refractivity contribution < 1.29 is 29.0 Å². The lowest BCUT2D eigenvalue weighted by atomic mass is 9.68. The molecule has 2 aliphatic rings. The van der Waals surface area contributed by atoms with Crippen LogP contribution in [0.1, 0.15) is 95.8 Å². The van der Waals surface area contributed by atoms with Crippen LogP contribution in [0.4, 0.5) is 0 Å². The third-order valence-corrected chi connectivity index (χ3v) is 3.94. The number of fused-ring (bicyclic) bond motifs is 3. The highest BCUT2D eigenvalue weighted by Crippen LogP contribution is 2.53. The van der Waals surface area contributed by atoms with E-state index in [1.807, 2.05) is 6.92 Å². The van der Waals surface area contributed by atoms with Crippen LogP contribution in [0.3, 0.4) is 0 Å². The van der Waals surface area contributed by atoms with Crippen LogP contribution in [0.5, 0.6) is 11.5 Å². The summed E-state index contributed by atoms with van der Waals surface area (Å²) in [6, 6.07) is 1.28. The molecule has 23 heavy (non-hydrogen) atoms. The Labute approximate surface area is 160 Å². The van der Waals surface area contributed by atoms with E-state index in [1.54, 1.807) is 0 Å². The van der Waals surface area contributed by atoms with Crippen LogP contribution in [0.15, 0.2) is 23.8 Å². The zero-order chi connectivity index (χ0) is 28.8. The number of aromatic hydroxyl groups is 1. The maximum Gasteiger partial charge on any atom is 0.127 e. The van der Waals surface area contributed by atoms with Crippen LogP contribution in [-0.2, 0) is 6.37 Å². The first-order valence-electron chi connectivity index (χ1n) is 14.7. The van der Waals surface area contributed by atoms with Crippen molar-refractivity contribution >= 4 is 0 Å². The lowest BCUT2D eigenvalue weighted by molar-refractivity contribution is 0.0107. The Bertz CT molecular complexity index is 1100. The Kier molecular flexibility index (Phi) is 1.75. The maximum absolute atomic E-state index is 11.0. The van der Waals surface area contributed by atoms with E-state index in [1.165, 1.54) is 0 Å². The van der Waals surface area contributed by atoms with Crippen molar-refractivity contribution in [3.63, 3.8) is 0 Å². The summed E-state index contributed by atoms with van der Waals surface area (Å²) in [4.78, 5) is 0. The standard InChI is InChI=1S/C21H30O2/c1-5-6-7-8-15-12-18(22)20-16-11-14(2)9-10-17(16)21(3,4)23-19(20)13-15/h11-13,16-17,22H,5-10H2,1-4H3/t16-,17-/m1/s1/i3D3,4D3,8D2,9D2,10D2,11D,17D. The molecule has 1 heterocycles. The molecule has 2 atom stereocenters. The average molecular weight is 329 g/mol. The van der Waals surface area contributed by atoms with Gasteiger partial charge in [-0.25, -0.2) is 0 Å². The molecule has 0 fully saturated rings. The summed E-state index contributed by atoms with van der Waals surface area (Å²) in [5.74, 6) is -6.91. The lowest BCUT2D eigenvalue weighted by Crippen LogP contribution is -2.45. The summed E-state index contributed by atoms with van der Waals surface area (Å²) in [6.07, 6.45) is -7.59. The van der Waals surface area contributed by atoms with Crippen LogP contribution in [0, 0.1) is 5.89 Å². The van der Waals surface area contributed by atoms with Crippen LogP contribution in [0.2, 0.25) is 0 Å². The minimum absolute atomic E-state index is 0.0166. The molecule has 0 radical (unpaired) electrons. The fourth-order valence-electron chi connectivity index (χ4n) is 2.78. The van der Waals surface area contributed by atoms with Gasteiger partial charge in [0.2, 0.25) is 0 Å². The molecule has 0 saturated carbocycles. The van der Waals surface area contributed by atoms with Gasteiger partial charge in [-0.05, 0) is 63.9 Å². The normalized spacial score (nSPS) is 43.8. The van der Waals surface area contributed by atoms with Crippen molar-refractivity contribution in [3.8, 4) is 11.5 Å². The fraction of sp³-hybridized carbons (Fsp3) is 0.619. The lowest BCUT2D eigenvalue weighted by Gasteiger charge is -2.46. The predicted octanol–water partition coefficient (Wildman–Crippen LogP) is 5.74. The number of allylic oxidation sites excluding steroid dienone is 2. The largest absolute Gasteiger partial charge is 0.507 e. The SMILES string of the molecule is [2H]C1=C(C)C([2H])([2H])C([2H])([2H])[C@]2([2H])[C@@H]1c1c(O)cc(C([2H])([2H])CCCC)cc1OC2(C([2H])([2H])[2H])C([2H])([2H])[2H]. The van der Waals surface area contributed by atoms with E-state index in [0.29, 0.717) is 12.8 Å². The molecule has 2 nitrogen and oxygen atoms in total. The predicted molar refractivity (Wildman–Crippen MR) is 95.3 cm³/mol. The minimum Gasteiger partial charge on any atom is -0.507 e. The Morgan fingerprint density at radius 3 is 3.09 bits per heavy atom. The molecule has 3 rings (SSSR count). The second kappa shape index (κ2) is 6.22. The summed E-state index contributed by atoms with van der Waals surface area (Å²) in [7, 11) is 0. The highest BCUT2D eigenvalue weighted by atomic mass is 16.5. The van der Waals surface area contributed by atoms with Gasteiger partial charge in [-0.1, -0.05) is 31.4 Å². The Balaban J connectivity index is 2.56. The van der Waals surface area contributed by atoms with Crippen molar-refractivity contribution in [2.75, 3.05) is 0 Å². The number of hydrogen-bond donors (Lipinski definition) is 1. The summed E-state index contributed by atoms with van der Waals surface area (Å²) in [5.41, 5.74) is -4.81. The van der Waals surface area contributed by atoms with Gasteiger partial charge < -0.3 is 9.84 Å². The van der Waals surface area contributed by atoms with Gasteiger partial charge in [0.25, 0.3) is 0 Å². The van der Waals surface area contributed by atoms with Gasteiger partial charge in [-0.15, -0.1) is 0 Å². The molecule has 1 aromatic carbocycles. The quantitative estimate of drug-likeness (QED) is 0.715. The van der Waals surface area contributed by atoms with E-state index in [0.717, 1.165) is 19.1 Å². The van der Waals surface area contributed by atoms with E-state index >= 15 is 0 Å². The molecule has 0 unspecified atom stereocenters. The first-order valence-corrected chi connectivity index (χ1v) is 7.71. The Hall–Kier alpha value is -1.44. The number of phenols is 1. The number of unbranched alkanes of at least 4 members (excludes halogenated alkanes) is 1. The Morgan fingerprint density at radius 2 is 2.35 bits per heavy atom. The summed E-state index contributed by atoms with van der Waals surface area (Å²) in [6.45, 7) is -4.57. The highest BCUT2D eigenvalue weighted by Gasteiger charge is 2.45. The monoisotopic (exact) mass is 328 g/mol. The first-order chi connectivity index (χ1) is 16.5. The van der Waals surface area contributed by atoms with Gasteiger partial charge in [0, 0.05) is 35.2 Å². The molecule has 1 N–H and O–H groups in total. The van der Waals surface area contributed by atoms with Gasteiger partial charge in [0.05, 0.1) is 1.37 Å². The number of hydrogen-bond acceptors (Lipinski definition) is 2. The zero-order valence-electron chi connectivity index (χ0n) is 27.2. The summed E-state index contributed by atoms with van der Waals surface area (Å²) >= 11 is 0. The number of aryl methyl sites for hydroxylation is 1. The van der Waals surface area contributed by atoms with Gasteiger partial charge >= 0.3 is 0 Å². The van der Waals surface area contributed by atoms with Crippen molar-refractivity contribution in [3.05, 3.63) is 34.9 Å². The number of benzene rings is 1. The molecule has 1 aliphatic carbocycles. The molecule has 0 spiro atoms. The van der Waals surface area contributed by atoms with Crippen LogP contribution >= 0.6 is 0 Å². The molecular weight excluding hydrogens is 284 g/mol. The van der Waals surface area contributed by atoms with Crippen molar-refractivity contribution in [2.45, 2.75) is 77.5 Å². The van der Waals surface area contributed by atoms with Crippen LogP contribution < -0.4 is 4.74 Å². The molecule has 1 aromatic rings. The van der Waals surface area contributed by atoms with Crippen molar-refractivity contribution in [1.29, 1.82) is 0 Å². The summed E-state index contributed by atoms with van der Waals surface area (Å²) < 4.78 is 124. The third-order valence-electron chi connectivity index (χ3n) is 3.94. The highest BCUT2D eigenvalue weighted by molar-refractivity contribution is 5.53. The molecular formula is C21H30O2. The minimum atomic E-state index is -3.75. The van der Waals surface area contributed by atoms with Gasteiger partial charge in [-0.2, -0.15) is 0 Å². The second-order valence-electron chi connectivity index (χ2n) is 5.84. The smallest absolute Gasteiger partial charge is 0.127 e. The van der Waals surface area contributed by atoms with Crippen molar-refractivity contribution in [1.82, 2.24) is 0 Å². The van der Waals surface area contributed by atoms with E-state index in [9.17, 15) is 6.48 Å². The van der Waals surface area contributed by atoms with Crippen molar-refractivity contribution in [2.24, 2.45) is 5.89 Å². The van der Waals surface area contributed by atoms with E-state index in [2.05, 4.69) is 0 Å². The number of rotatable bonds is 4. The van der Waals surface area contributed by atoms with Crippen LogP contribution in [0.25, 0.3) is 0 Å². The van der Waals surface area contributed by atoms with Gasteiger partial charge in [-0.3, -0.25) is 0 Å². The fourth-order valence-corrected chi connectivity index (χ4v) is 2.78. The average Bonchev–Trinajstić information content (AvgIpc) is 2.73. The maximum atomic E-state index is 11.0. The topological polar surface area (TPSA) is 29.5 Å². The molecule has 0 aromatic heterocycles. The van der Waals surface area contributed by atoms with Crippen LogP contribution in [-0.4, -0.2) is 10.7 Å². The van der Waals surface area contributed by atoms with E-state index in [4.69, 9.17) is 22.6 Å². The molecule has 0 amide bonds. The molecule has 2 heteroatoms. The van der Waals surface area contributed by atoms with Gasteiger partial charge in [0.1, 0.15) is 17.1 Å². The molecule has 1 aliphatic heterocycles.